The van der Waals surface area contributed by atoms with E-state index in [9.17, 15) is 4.39 Å². The van der Waals surface area contributed by atoms with Gasteiger partial charge in [-0.2, -0.15) is 0 Å². The summed E-state index contributed by atoms with van der Waals surface area (Å²) in [5, 5.41) is 4.79. The van der Waals surface area contributed by atoms with Gasteiger partial charge >= 0.3 is 0 Å². The Morgan fingerprint density at radius 1 is 0.971 bits per heavy atom. The molecule has 0 unspecified atom stereocenters. The van der Waals surface area contributed by atoms with Gasteiger partial charge in [-0.25, -0.2) is 4.39 Å². The molecule has 0 aromatic heterocycles. The highest BCUT2D eigenvalue weighted by Gasteiger charge is 2.16. The quantitative estimate of drug-likeness (QED) is 0.349. The molecule has 1 aliphatic heterocycles. The molecule has 0 saturated carbocycles. The van der Waals surface area contributed by atoms with Gasteiger partial charge in [0.1, 0.15) is 12.4 Å². The third-order valence-corrected chi connectivity index (χ3v) is 6.56. The Hall–Kier alpha value is -2.38. The van der Waals surface area contributed by atoms with Crippen LogP contribution in [0.2, 0.25) is 15.1 Å². The molecule has 4 rings (SSSR count). The molecule has 0 atom stereocenters. The standard InChI is InChI=1S/C25H24Cl3FN2O3/c1-32-24-11-16(20(27)13-25(24)34-15-18-19(26)3-2-4-22(18)29)14-30-17-5-6-23(21(28)12-17)31-7-9-33-10-8-31/h2-6,11-13,30H,7-10,14-15H2,1H3. The van der Waals surface area contributed by atoms with Gasteiger partial charge in [-0.3, -0.25) is 0 Å². The van der Waals surface area contributed by atoms with Crippen LogP contribution in [0.5, 0.6) is 11.5 Å². The number of ether oxygens (including phenoxy) is 3. The lowest BCUT2D eigenvalue weighted by Gasteiger charge is -2.29. The molecule has 3 aromatic carbocycles. The number of benzene rings is 3. The smallest absolute Gasteiger partial charge is 0.163 e. The molecule has 0 bridgehead atoms. The van der Waals surface area contributed by atoms with Crippen molar-refractivity contribution in [2.75, 3.05) is 43.6 Å². The highest BCUT2D eigenvalue weighted by atomic mass is 35.5. The Morgan fingerprint density at radius 3 is 2.47 bits per heavy atom. The average molecular weight is 526 g/mol. The van der Waals surface area contributed by atoms with Gasteiger partial charge in [0.2, 0.25) is 0 Å². The summed E-state index contributed by atoms with van der Waals surface area (Å²) in [6.07, 6.45) is 0. The third-order valence-electron chi connectivity index (χ3n) is 5.55. The van der Waals surface area contributed by atoms with Crippen molar-refractivity contribution in [1.29, 1.82) is 0 Å². The minimum atomic E-state index is -0.434. The SMILES string of the molecule is COc1cc(CNc2ccc(N3CCOCC3)c(Cl)c2)c(Cl)cc1OCc1c(F)cccc1Cl. The molecule has 1 aliphatic rings. The summed E-state index contributed by atoms with van der Waals surface area (Å²) in [5.41, 5.74) is 2.94. The molecule has 0 spiro atoms. The van der Waals surface area contributed by atoms with Gasteiger partial charge < -0.3 is 24.4 Å². The van der Waals surface area contributed by atoms with E-state index >= 15 is 0 Å². The number of methoxy groups -OCH3 is 1. The summed E-state index contributed by atoms with van der Waals surface area (Å²) in [7, 11) is 1.54. The van der Waals surface area contributed by atoms with E-state index in [2.05, 4.69) is 10.2 Å². The Bertz CT molecular complexity index is 1140. The molecule has 1 fully saturated rings. The van der Waals surface area contributed by atoms with Crippen molar-refractivity contribution in [2.24, 2.45) is 0 Å². The first-order valence-electron chi connectivity index (χ1n) is 10.7. The van der Waals surface area contributed by atoms with Gasteiger partial charge in [-0.1, -0.05) is 40.9 Å². The molecule has 3 aromatic rings. The van der Waals surface area contributed by atoms with Crippen LogP contribution in [-0.2, 0) is 17.9 Å². The van der Waals surface area contributed by atoms with Crippen molar-refractivity contribution in [2.45, 2.75) is 13.2 Å². The zero-order valence-corrected chi connectivity index (χ0v) is 20.8. The molecule has 0 radical (unpaired) electrons. The molecule has 0 amide bonds. The molecule has 5 nitrogen and oxygen atoms in total. The van der Waals surface area contributed by atoms with Crippen LogP contribution in [0.4, 0.5) is 15.8 Å². The second-order valence-electron chi connectivity index (χ2n) is 7.70. The highest BCUT2D eigenvalue weighted by molar-refractivity contribution is 6.33. The third kappa shape index (κ3) is 5.81. The van der Waals surface area contributed by atoms with Crippen LogP contribution in [0, 0.1) is 5.82 Å². The minimum absolute atomic E-state index is 0.0518. The number of anilines is 2. The molecule has 9 heteroatoms. The van der Waals surface area contributed by atoms with Crippen LogP contribution < -0.4 is 19.7 Å². The maximum Gasteiger partial charge on any atom is 0.163 e. The lowest BCUT2D eigenvalue weighted by molar-refractivity contribution is 0.122. The second-order valence-corrected chi connectivity index (χ2v) is 8.92. The number of rotatable bonds is 8. The molecule has 1 heterocycles. The summed E-state index contributed by atoms with van der Waals surface area (Å²) in [6, 6.07) is 13.8. The van der Waals surface area contributed by atoms with Crippen molar-refractivity contribution in [3.63, 3.8) is 0 Å². The Morgan fingerprint density at radius 2 is 1.76 bits per heavy atom. The first kappa shape index (κ1) is 24.7. The first-order chi connectivity index (χ1) is 16.5. The Labute approximate surface area is 213 Å². The fraction of sp³-hybridized carbons (Fsp3) is 0.280. The topological polar surface area (TPSA) is 43.0 Å². The van der Waals surface area contributed by atoms with E-state index < -0.39 is 5.82 Å². The van der Waals surface area contributed by atoms with Crippen molar-refractivity contribution in [3.8, 4) is 11.5 Å². The zero-order valence-electron chi connectivity index (χ0n) is 18.5. The Balaban J connectivity index is 1.44. The monoisotopic (exact) mass is 524 g/mol. The summed E-state index contributed by atoms with van der Waals surface area (Å²) in [4.78, 5) is 2.21. The summed E-state index contributed by atoms with van der Waals surface area (Å²) in [6.45, 7) is 3.43. The molecule has 1 saturated heterocycles. The number of nitrogens with one attached hydrogen (secondary N) is 1. The second kappa shape index (κ2) is 11.4. The van der Waals surface area contributed by atoms with Gasteiger partial charge in [-0.15, -0.1) is 0 Å². The van der Waals surface area contributed by atoms with Gasteiger partial charge in [-0.05, 0) is 42.0 Å². The summed E-state index contributed by atoms with van der Waals surface area (Å²) >= 11 is 19.1. The maximum atomic E-state index is 14.1. The van der Waals surface area contributed by atoms with Crippen LogP contribution in [0.1, 0.15) is 11.1 Å². The van der Waals surface area contributed by atoms with E-state index in [1.165, 1.54) is 13.2 Å². The van der Waals surface area contributed by atoms with Crippen LogP contribution in [0.15, 0.2) is 48.5 Å². The van der Waals surface area contributed by atoms with Gasteiger partial charge in [0.15, 0.2) is 11.5 Å². The number of morpholine rings is 1. The molecule has 180 valence electrons. The number of halogens is 4. The number of hydrogen-bond donors (Lipinski definition) is 1. The Kier molecular flexibility index (Phi) is 8.27. The normalized spacial score (nSPS) is 13.6. The largest absolute Gasteiger partial charge is 0.493 e. The highest BCUT2D eigenvalue weighted by Crippen LogP contribution is 2.35. The molecule has 34 heavy (non-hydrogen) atoms. The van der Waals surface area contributed by atoms with E-state index in [1.54, 1.807) is 24.3 Å². The lowest BCUT2D eigenvalue weighted by Crippen LogP contribution is -2.36. The summed E-state index contributed by atoms with van der Waals surface area (Å²) in [5.74, 6) is 0.444. The van der Waals surface area contributed by atoms with Crippen molar-refractivity contribution in [1.82, 2.24) is 0 Å². The van der Waals surface area contributed by atoms with Crippen molar-refractivity contribution < 1.29 is 18.6 Å². The molecule has 1 N–H and O–H groups in total. The predicted octanol–water partition coefficient (Wildman–Crippen LogP) is 6.82. The minimum Gasteiger partial charge on any atom is -0.493 e. The molecule has 0 aliphatic carbocycles. The maximum absolute atomic E-state index is 14.1. The van der Waals surface area contributed by atoms with Gasteiger partial charge in [0.05, 0.1) is 36.1 Å². The van der Waals surface area contributed by atoms with Crippen LogP contribution in [0.3, 0.4) is 0 Å². The number of nitrogens with zero attached hydrogens (tertiary/aromatic N) is 1. The van der Waals surface area contributed by atoms with E-state index in [0.29, 0.717) is 46.3 Å². The average Bonchev–Trinajstić information content (AvgIpc) is 2.83. The van der Waals surface area contributed by atoms with E-state index in [4.69, 9.17) is 49.0 Å². The number of hydrogen-bond acceptors (Lipinski definition) is 5. The fourth-order valence-corrected chi connectivity index (χ4v) is 4.42. The summed E-state index contributed by atoms with van der Waals surface area (Å²) < 4.78 is 30.7. The van der Waals surface area contributed by atoms with Gasteiger partial charge in [0, 0.05) is 42.0 Å². The fourth-order valence-electron chi connectivity index (χ4n) is 3.68. The zero-order chi connectivity index (χ0) is 24.1. The van der Waals surface area contributed by atoms with E-state index in [-0.39, 0.29) is 12.2 Å². The van der Waals surface area contributed by atoms with Gasteiger partial charge in [0.25, 0.3) is 0 Å². The van der Waals surface area contributed by atoms with Crippen LogP contribution in [-0.4, -0.2) is 33.4 Å². The van der Waals surface area contributed by atoms with E-state index in [0.717, 1.165) is 30.0 Å². The van der Waals surface area contributed by atoms with Crippen molar-refractivity contribution in [3.05, 3.63) is 80.5 Å². The molecular weight excluding hydrogens is 502 g/mol. The van der Waals surface area contributed by atoms with Crippen LogP contribution in [0.25, 0.3) is 0 Å². The molecular formula is C25H24Cl3FN2O3. The lowest BCUT2D eigenvalue weighted by atomic mass is 10.1. The predicted molar refractivity (Wildman–Crippen MR) is 136 cm³/mol. The van der Waals surface area contributed by atoms with Crippen molar-refractivity contribution >= 4 is 46.2 Å². The van der Waals surface area contributed by atoms with E-state index in [1.807, 2.05) is 18.2 Å². The first-order valence-corrected chi connectivity index (χ1v) is 11.9. The van der Waals surface area contributed by atoms with Crippen LogP contribution >= 0.6 is 34.8 Å².